The van der Waals surface area contributed by atoms with Crippen molar-refractivity contribution in [1.29, 1.82) is 0 Å². The molecule has 0 bridgehead atoms. The molecule has 0 aliphatic heterocycles. The lowest BCUT2D eigenvalue weighted by Gasteiger charge is -2.25. The predicted molar refractivity (Wildman–Crippen MR) is 79.2 cm³/mol. The quantitative estimate of drug-likeness (QED) is 0.833. The number of nitrogens with zero attached hydrogens (tertiary/aromatic N) is 3. The second-order valence-corrected chi connectivity index (χ2v) is 4.57. The number of hydrogen-bond donors (Lipinski definition) is 1. The van der Waals surface area contributed by atoms with Crippen molar-refractivity contribution in [2.75, 3.05) is 17.0 Å². The van der Waals surface area contributed by atoms with Crippen LogP contribution < -0.4 is 10.4 Å². The average molecular weight is 256 g/mol. The van der Waals surface area contributed by atoms with Crippen molar-refractivity contribution in [2.24, 2.45) is 0 Å². The predicted octanol–water partition coefficient (Wildman–Crippen LogP) is 3.34. The molecule has 4 heteroatoms. The van der Waals surface area contributed by atoms with Crippen molar-refractivity contribution in [3.8, 4) is 0 Å². The Balaban J connectivity index is 2.21. The van der Waals surface area contributed by atoms with Gasteiger partial charge in [-0.25, -0.2) is 9.97 Å². The number of aromatic nitrogens is 2. The minimum absolute atomic E-state index is 0.648. The lowest BCUT2D eigenvalue weighted by atomic mass is 10.3. The highest BCUT2D eigenvalue weighted by atomic mass is 15.5. The topological polar surface area (TPSA) is 41.0 Å². The normalized spacial score (nSPS) is 10.3. The van der Waals surface area contributed by atoms with E-state index < -0.39 is 0 Å². The van der Waals surface area contributed by atoms with Gasteiger partial charge in [0, 0.05) is 17.9 Å². The van der Waals surface area contributed by atoms with Gasteiger partial charge in [-0.1, -0.05) is 25.1 Å². The molecule has 0 aliphatic rings. The van der Waals surface area contributed by atoms with E-state index in [1.54, 1.807) is 0 Å². The third-order valence-electron chi connectivity index (χ3n) is 2.73. The van der Waals surface area contributed by atoms with Crippen LogP contribution in [0.3, 0.4) is 0 Å². The molecule has 0 spiro atoms. The number of hydrogen-bond acceptors (Lipinski definition) is 4. The minimum atomic E-state index is 0.648. The summed E-state index contributed by atoms with van der Waals surface area (Å²) in [7, 11) is 0. The van der Waals surface area contributed by atoms with Gasteiger partial charge in [0.25, 0.3) is 0 Å². The summed E-state index contributed by atoms with van der Waals surface area (Å²) in [5.74, 6) is 0.648. The first-order chi connectivity index (χ1) is 9.19. The van der Waals surface area contributed by atoms with E-state index in [9.17, 15) is 0 Å². The molecule has 1 N–H and O–H groups in total. The molecular weight excluding hydrogens is 236 g/mol. The third-order valence-corrected chi connectivity index (χ3v) is 2.73. The van der Waals surface area contributed by atoms with Crippen LogP contribution in [0.5, 0.6) is 0 Å². The van der Waals surface area contributed by atoms with Crippen LogP contribution >= 0.6 is 0 Å². The Hall–Kier alpha value is -2.10. The van der Waals surface area contributed by atoms with E-state index in [-0.39, 0.29) is 0 Å². The van der Waals surface area contributed by atoms with Gasteiger partial charge in [0.1, 0.15) is 0 Å². The second kappa shape index (κ2) is 6.18. The zero-order valence-corrected chi connectivity index (χ0v) is 11.7. The number of hydrazine groups is 1. The fourth-order valence-corrected chi connectivity index (χ4v) is 1.98. The highest BCUT2D eigenvalue weighted by Gasteiger charge is 2.07. The molecule has 0 atom stereocenters. The van der Waals surface area contributed by atoms with Crippen LogP contribution in [0.15, 0.2) is 36.4 Å². The Morgan fingerprint density at radius 2 is 1.68 bits per heavy atom. The zero-order chi connectivity index (χ0) is 13.7. The molecule has 2 rings (SSSR count). The van der Waals surface area contributed by atoms with Crippen molar-refractivity contribution < 1.29 is 0 Å². The van der Waals surface area contributed by atoms with E-state index in [4.69, 9.17) is 0 Å². The molecular formula is C15H20N4. The van der Waals surface area contributed by atoms with Crippen LogP contribution in [0.25, 0.3) is 0 Å². The van der Waals surface area contributed by atoms with Crippen LogP contribution in [0.2, 0.25) is 0 Å². The fourth-order valence-electron chi connectivity index (χ4n) is 1.98. The zero-order valence-electron chi connectivity index (χ0n) is 11.7. The molecule has 0 aliphatic carbocycles. The maximum atomic E-state index is 4.42. The first-order valence-corrected chi connectivity index (χ1v) is 6.60. The van der Waals surface area contributed by atoms with E-state index in [0.717, 1.165) is 30.0 Å². The molecule has 2 aromatic rings. The average Bonchev–Trinajstić information content (AvgIpc) is 2.38. The summed E-state index contributed by atoms with van der Waals surface area (Å²) in [4.78, 5) is 8.84. The van der Waals surface area contributed by atoms with Crippen LogP contribution in [0.1, 0.15) is 24.7 Å². The molecule has 4 nitrogen and oxygen atoms in total. The van der Waals surface area contributed by atoms with Gasteiger partial charge >= 0.3 is 0 Å². The SMILES string of the molecule is CCCN(Nc1nc(C)cc(C)n1)c1ccccc1. The van der Waals surface area contributed by atoms with Gasteiger partial charge in [0.15, 0.2) is 0 Å². The Kier molecular flexibility index (Phi) is 4.34. The summed E-state index contributed by atoms with van der Waals surface area (Å²) in [6.07, 6.45) is 1.05. The maximum absolute atomic E-state index is 4.42. The maximum Gasteiger partial charge on any atom is 0.242 e. The lowest BCUT2D eigenvalue weighted by Crippen LogP contribution is -2.31. The van der Waals surface area contributed by atoms with Gasteiger partial charge in [0.05, 0.1) is 5.69 Å². The molecule has 1 aromatic heterocycles. The van der Waals surface area contributed by atoms with Gasteiger partial charge in [-0.3, -0.25) is 10.4 Å². The summed E-state index contributed by atoms with van der Waals surface area (Å²) in [5.41, 5.74) is 6.35. The van der Waals surface area contributed by atoms with Crippen LogP contribution in [0, 0.1) is 13.8 Å². The largest absolute Gasteiger partial charge is 0.285 e. The highest BCUT2D eigenvalue weighted by Crippen LogP contribution is 2.15. The second-order valence-electron chi connectivity index (χ2n) is 4.57. The highest BCUT2D eigenvalue weighted by molar-refractivity contribution is 5.50. The van der Waals surface area contributed by atoms with E-state index in [1.807, 2.05) is 38.1 Å². The molecule has 19 heavy (non-hydrogen) atoms. The van der Waals surface area contributed by atoms with Gasteiger partial charge in [0.2, 0.25) is 5.95 Å². The Morgan fingerprint density at radius 1 is 1.05 bits per heavy atom. The minimum Gasteiger partial charge on any atom is -0.285 e. The molecule has 0 amide bonds. The Morgan fingerprint density at radius 3 is 2.26 bits per heavy atom. The van der Waals surface area contributed by atoms with Gasteiger partial charge < -0.3 is 0 Å². The van der Waals surface area contributed by atoms with E-state index in [1.165, 1.54) is 0 Å². The van der Waals surface area contributed by atoms with Crippen molar-refractivity contribution in [2.45, 2.75) is 27.2 Å². The van der Waals surface area contributed by atoms with Crippen LogP contribution in [-0.2, 0) is 0 Å². The van der Waals surface area contributed by atoms with Crippen LogP contribution in [-0.4, -0.2) is 16.5 Å². The smallest absolute Gasteiger partial charge is 0.242 e. The van der Waals surface area contributed by atoms with Crippen molar-refractivity contribution in [3.63, 3.8) is 0 Å². The van der Waals surface area contributed by atoms with Gasteiger partial charge in [-0.05, 0) is 38.5 Å². The van der Waals surface area contributed by atoms with E-state index >= 15 is 0 Å². The molecule has 0 radical (unpaired) electrons. The molecule has 1 heterocycles. The fraction of sp³-hybridized carbons (Fsp3) is 0.333. The number of nitrogens with one attached hydrogen (secondary N) is 1. The number of rotatable bonds is 5. The number of para-hydroxylation sites is 1. The van der Waals surface area contributed by atoms with Gasteiger partial charge in [-0.2, -0.15) is 0 Å². The molecule has 0 saturated carbocycles. The molecule has 0 fully saturated rings. The molecule has 100 valence electrons. The van der Waals surface area contributed by atoms with Crippen molar-refractivity contribution >= 4 is 11.6 Å². The van der Waals surface area contributed by atoms with Gasteiger partial charge in [-0.15, -0.1) is 0 Å². The van der Waals surface area contributed by atoms with E-state index in [0.29, 0.717) is 5.95 Å². The number of benzene rings is 1. The summed E-state index contributed by atoms with van der Waals surface area (Å²) < 4.78 is 0. The summed E-state index contributed by atoms with van der Waals surface area (Å²) >= 11 is 0. The third kappa shape index (κ3) is 3.68. The monoisotopic (exact) mass is 256 g/mol. The summed E-state index contributed by atoms with van der Waals surface area (Å²) in [6.45, 7) is 7.01. The van der Waals surface area contributed by atoms with E-state index in [2.05, 4.69) is 39.5 Å². The molecule has 1 aromatic carbocycles. The summed E-state index contributed by atoms with van der Waals surface area (Å²) in [6, 6.07) is 12.2. The number of aryl methyl sites for hydroxylation is 2. The van der Waals surface area contributed by atoms with Crippen LogP contribution in [0.4, 0.5) is 11.6 Å². The van der Waals surface area contributed by atoms with Crippen molar-refractivity contribution in [3.05, 3.63) is 47.8 Å². The van der Waals surface area contributed by atoms with Crippen molar-refractivity contribution in [1.82, 2.24) is 9.97 Å². The Labute approximate surface area is 114 Å². The summed E-state index contributed by atoms with van der Waals surface area (Å²) in [5, 5.41) is 2.08. The lowest BCUT2D eigenvalue weighted by molar-refractivity contribution is 0.827. The molecule has 0 unspecified atom stereocenters. The standard InChI is InChI=1S/C15H20N4/c1-4-10-19(14-8-6-5-7-9-14)18-15-16-12(2)11-13(3)17-15/h5-9,11H,4,10H2,1-3H3,(H,16,17,18). The first-order valence-electron chi connectivity index (χ1n) is 6.60. The Bertz CT molecular complexity index is 505. The molecule has 0 saturated heterocycles. The first kappa shape index (κ1) is 13.3. The number of anilines is 2.